The Morgan fingerprint density at radius 1 is 0.600 bits per heavy atom. The van der Waals surface area contributed by atoms with Crippen LogP contribution in [0.3, 0.4) is 0 Å². The Morgan fingerprint density at radius 2 is 0.600 bits per heavy atom. The molecule has 0 aromatic rings. The third kappa shape index (κ3) is 65.0. The molecule has 0 unspecified atom stereocenters. The van der Waals surface area contributed by atoms with Gasteiger partial charge in [-0.25, -0.2) is 0 Å². The van der Waals surface area contributed by atoms with Crippen LogP contribution in [0.1, 0.15) is 0 Å². The van der Waals surface area contributed by atoms with Crippen molar-refractivity contribution in [3.8, 4) is 0 Å². The van der Waals surface area contributed by atoms with Crippen molar-refractivity contribution >= 4 is 37.7 Å². The van der Waals surface area contributed by atoms with E-state index in [9.17, 15) is 0 Å². The van der Waals surface area contributed by atoms with Crippen LogP contribution < -0.4 is 0 Å². The maximum absolute atomic E-state index is 3.00. The van der Waals surface area contributed by atoms with Crippen molar-refractivity contribution in [2.45, 2.75) is 0 Å². The van der Waals surface area contributed by atoms with Crippen molar-refractivity contribution < 1.29 is 0 Å². The van der Waals surface area contributed by atoms with E-state index in [1.54, 1.807) is 0 Å². The third-order valence-corrected chi connectivity index (χ3v) is 0. The molecule has 0 aliphatic rings. The second-order valence-electron chi connectivity index (χ2n) is 0. The summed E-state index contributed by atoms with van der Waals surface area (Å²) in [6, 6.07) is 0. The summed E-state index contributed by atoms with van der Waals surface area (Å²) in [7, 11) is 0. The molecular formula is C4H10Ca. The van der Waals surface area contributed by atoms with Crippen LogP contribution >= 0.6 is 0 Å². The fraction of sp³-hybridized carbons (Fsp3) is 0. The van der Waals surface area contributed by atoms with Gasteiger partial charge in [0.2, 0.25) is 0 Å². The van der Waals surface area contributed by atoms with E-state index in [-0.39, 0.29) is 37.7 Å². The number of rotatable bonds is 0. The molecule has 0 radical (unpaired) electrons. The summed E-state index contributed by atoms with van der Waals surface area (Å²) in [6.07, 6.45) is 0. The van der Waals surface area contributed by atoms with Crippen LogP contribution in [0.4, 0.5) is 0 Å². The Labute approximate surface area is 63.6 Å². The topological polar surface area (TPSA) is 0 Å². The molecule has 0 rings (SSSR count). The molecule has 0 heterocycles. The Morgan fingerprint density at radius 3 is 0.600 bits per heavy atom. The van der Waals surface area contributed by atoms with Gasteiger partial charge >= 0.3 is 37.7 Å². The fourth-order valence-electron chi connectivity index (χ4n) is 0. The van der Waals surface area contributed by atoms with Crippen molar-refractivity contribution in [1.29, 1.82) is 0 Å². The van der Waals surface area contributed by atoms with Gasteiger partial charge in [0.15, 0.2) is 0 Å². The Balaban J connectivity index is -0.0000000133. The first-order chi connectivity index (χ1) is 2.00. The first-order valence-electron chi connectivity index (χ1n) is 1.000. The molecule has 0 spiro atoms. The predicted octanol–water partition coefficient (Wildman–Crippen LogP) is 0.688. The number of hydrogen-bond donors (Lipinski definition) is 0. The third-order valence-electron chi connectivity index (χ3n) is 0. The van der Waals surface area contributed by atoms with E-state index in [1.165, 1.54) is 0 Å². The zero-order valence-corrected chi connectivity index (χ0v) is 2.83. The first kappa shape index (κ1) is 17.2. The molecule has 5 heavy (non-hydrogen) atoms. The van der Waals surface area contributed by atoms with Crippen molar-refractivity contribution in [1.82, 2.24) is 0 Å². The predicted molar refractivity (Wildman–Crippen MR) is 31.1 cm³/mol. The Bertz CT molecular complexity index is 5.61. The zero-order chi connectivity index (χ0) is 4.00. The summed E-state index contributed by atoms with van der Waals surface area (Å²) in [5, 5.41) is 0. The monoisotopic (exact) mass is 98.0 g/mol. The summed E-state index contributed by atoms with van der Waals surface area (Å²) >= 11 is 0. The van der Waals surface area contributed by atoms with Crippen LogP contribution in [0.5, 0.6) is 0 Å². The molecule has 0 nitrogen and oxygen atoms in total. The van der Waals surface area contributed by atoms with E-state index in [2.05, 4.69) is 26.3 Å². The normalized spacial score (nSPS) is 1.60. The minimum absolute atomic E-state index is 0. The fourth-order valence-corrected chi connectivity index (χ4v) is 0. The molecule has 0 bridgehead atoms. The average molecular weight is 98.2 g/mol. The standard InChI is InChI=1S/2C2H4.Ca.2H/c2*1-2;;;/h2*1-2H2;;;. The van der Waals surface area contributed by atoms with Gasteiger partial charge in [-0.05, 0) is 0 Å². The molecule has 28 valence electrons. The van der Waals surface area contributed by atoms with E-state index >= 15 is 0 Å². The van der Waals surface area contributed by atoms with Crippen molar-refractivity contribution in [3.05, 3.63) is 26.3 Å². The molecule has 0 amide bonds. The Kier molecular flexibility index (Phi) is 416. The molecule has 0 atom stereocenters. The van der Waals surface area contributed by atoms with E-state index in [4.69, 9.17) is 0 Å². The van der Waals surface area contributed by atoms with Crippen LogP contribution in [-0.4, -0.2) is 37.7 Å². The molecule has 0 aromatic heterocycles. The summed E-state index contributed by atoms with van der Waals surface area (Å²) in [5.41, 5.74) is 0. The minimum atomic E-state index is 0. The molecule has 1 heteroatoms. The molecule has 0 fully saturated rings. The Hall–Kier alpha value is 0.740. The van der Waals surface area contributed by atoms with Crippen molar-refractivity contribution in [3.63, 3.8) is 0 Å². The molecule has 0 aliphatic carbocycles. The first-order valence-corrected chi connectivity index (χ1v) is 1.000. The number of hydrogen-bond acceptors (Lipinski definition) is 0. The molecule has 0 saturated carbocycles. The second-order valence-corrected chi connectivity index (χ2v) is 0. The van der Waals surface area contributed by atoms with Crippen LogP contribution in [-0.2, 0) is 0 Å². The van der Waals surface area contributed by atoms with Gasteiger partial charge in [0.1, 0.15) is 0 Å². The molecular weight excluding hydrogens is 88.1 g/mol. The van der Waals surface area contributed by atoms with Crippen LogP contribution in [0, 0.1) is 0 Å². The quantitative estimate of drug-likeness (QED) is 0.309. The van der Waals surface area contributed by atoms with Crippen molar-refractivity contribution in [2.75, 3.05) is 0 Å². The summed E-state index contributed by atoms with van der Waals surface area (Å²) in [6.45, 7) is 12.0. The van der Waals surface area contributed by atoms with Gasteiger partial charge in [-0.1, -0.05) is 0 Å². The van der Waals surface area contributed by atoms with E-state index in [1.807, 2.05) is 0 Å². The SMILES string of the molecule is C=C.C=C.[CaH2]. The van der Waals surface area contributed by atoms with Gasteiger partial charge in [0.05, 0.1) is 0 Å². The molecule has 0 saturated heterocycles. The molecule has 0 N–H and O–H groups in total. The summed E-state index contributed by atoms with van der Waals surface area (Å²) < 4.78 is 0. The zero-order valence-electron chi connectivity index (χ0n) is 2.83. The molecule has 0 aromatic carbocycles. The van der Waals surface area contributed by atoms with Gasteiger partial charge in [-0.3, -0.25) is 0 Å². The van der Waals surface area contributed by atoms with E-state index < -0.39 is 0 Å². The maximum atomic E-state index is 3.00. The van der Waals surface area contributed by atoms with E-state index in [0.29, 0.717) is 0 Å². The van der Waals surface area contributed by atoms with Gasteiger partial charge in [-0.2, -0.15) is 0 Å². The van der Waals surface area contributed by atoms with Crippen molar-refractivity contribution in [2.24, 2.45) is 0 Å². The van der Waals surface area contributed by atoms with Gasteiger partial charge < -0.3 is 0 Å². The van der Waals surface area contributed by atoms with Crippen LogP contribution in [0.25, 0.3) is 0 Å². The van der Waals surface area contributed by atoms with E-state index in [0.717, 1.165) is 0 Å². The van der Waals surface area contributed by atoms with Gasteiger partial charge in [0.25, 0.3) is 0 Å². The van der Waals surface area contributed by atoms with Gasteiger partial charge in [-0.15, -0.1) is 26.3 Å². The average Bonchev–Trinajstić information content (AvgIpc) is 1.50. The summed E-state index contributed by atoms with van der Waals surface area (Å²) in [5.74, 6) is 0. The molecule has 0 aliphatic heterocycles. The van der Waals surface area contributed by atoms with Crippen LogP contribution in [0.15, 0.2) is 26.3 Å². The van der Waals surface area contributed by atoms with Crippen LogP contribution in [0.2, 0.25) is 0 Å². The van der Waals surface area contributed by atoms with Gasteiger partial charge in [0, 0.05) is 0 Å². The summed E-state index contributed by atoms with van der Waals surface area (Å²) in [4.78, 5) is 0. The second kappa shape index (κ2) is 121.